The summed E-state index contributed by atoms with van der Waals surface area (Å²) in [5, 5.41) is 4.43. The van der Waals surface area contributed by atoms with Gasteiger partial charge in [0, 0.05) is 24.2 Å². The standard InChI is InChI=1S/C12H18N2O/c1-9(8-15)6-10-7-14(5)13-11(10)12(2,3)4/h6-8H,1-5H3. The van der Waals surface area contributed by atoms with E-state index in [4.69, 9.17) is 0 Å². The predicted molar refractivity (Wildman–Crippen MR) is 61.6 cm³/mol. The van der Waals surface area contributed by atoms with Crippen LogP contribution in [0, 0.1) is 0 Å². The molecule has 0 N–H and O–H groups in total. The number of aromatic nitrogens is 2. The fourth-order valence-electron chi connectivity index (χ4n) is 1.47. The SMILES string of the molecule is CC(C=O)=Cc1cn(C)nc1C(C)(C)C. The smallest absolute Gasteiger partial charge is 0.145 e. The van der Waals surface area contributed by atoms with Crippen molar-refractivity contribution in [2.45, 2.75) is 33.1 Å². The summed E-state index contributed by atoms with van der Waals surface area (Å²) < 4.78 is 1.78. The summed E-state index contributed by atoms with van der Waals surface area (Å²) in [6.07, 6.45) is 4.67. The Morgan fingerprint density at radius 1 is 1.47 bits per heavy atom. The van der Waals surface area contributed by atoms with Crippen molar-refractivity contribution >= 4 is 12.4 Å². The van der Waals surface area contributed by atoms with Gasteiger partial charge in [-0.3, -0.25) is 9.48 Å². The molecule has 0 radical (unpaired) electrons. The molecule has 1 heterocycles. The normalized spacial score (nSPS) is 13.0. The molecule has 0 fully saturated rings. The van der Waals surface area contributed by atoms with Gasteiger partial charge in [-0.2, -0.15) is 5.10 Å². The number of carbonyl (C=O) groups is 1. The van der Waals surface area contributed by atoms with Crippen LogP contribution in [0.2, 0.25) is 0 Å². The molecule has 15 heavy (non-hydrogen) atoms. The molecule has 0 unspecified atom stereocenters. The van der Waals surface area contributed by atoms with Gasteiger partial charge in [-0.05, 0) is 18.6 Å². The Labute approximate surface area is 90.8 Å². The molecule has 0 amide bonds. The van der Waals surface area contributed by atoms with Crippen LogP contribution in [-0.4, -0.2) is 16.1 Å². The minimum atomic E-state index is -0.00371. The van der Waals surface area contributed by atoms with Gasteiger partial charge in [0.05, 0.1) is 5.69 Å². The first kappa shape index (κ1) is 11.7. The van der Waals surface area contributed by atoms with E-state index in [-0.39, 0.29) is 5.41 Å². The van der Waals surface area contributed by atoms with Gasteiger partial charge in [0.2, 0.25) is 0 Å². The molecule has 1 rings (SSSR count). The average Bonchev–Trinajstić information content (AvgIpc) is 2.45. The molecule has 82 valence electrons. The zero-order valence-electron chi connectivity index (χ0n) is 10.0. The minimum absolute atomic E-state index is 0.00371. The summed E-state index contributed by atoms with van der Waals surface area (Å²) in [7, 11) is 1.89. The Hall–Kier alpha value is -1.38. The van der Waals surface area contributed by atoms with Crippen LogP contribution in [0.4, 0.5) is 0 Å². The van der Waals surface area contributed by atoms with E-state index in [1.807, 2.05) is 19.3 Å². The molecule has 0 aliphatic carbocycles. The van der Waals surface area contributed by atoms with Crippen LogP contribution in [0.1, 0.15) is 39.0 Å². The molecule has 0 spiro atoms. The molecule has 0 aliphatic rings. The Kier molecular flexibility index (Phi) is 3.12. The molecule has 0 saturated heterocycles. The van der Waals surface area contributed by atoms with Gasteiger partial charge in [0.25, 0.3) is 0 Å². The van der Waals surface area contributed by atoms with Crippen molar-refractivity contribution in [2.24, 2.45) is 7.05 Å². The van der Waals surface area contributed by atoms with Gasteiger partial charge >= 0.3 is 0 Å². The largest absolute Gasteiger partial charge is 0.298 e. The van der Waals surface area contributed by atoms with Gasteiger partial charge in [0.1, 0.15) is 6.29 Å². The number of aldehydes is 1. The molecular weight excluding hydrogens is 188 g/mol. The van der Waals surface area contributed by atoms with Gasteiger partial charge < -0.3 is 0 Å². The lowest BCUT2D eigenvalue weighted by molar-refractivity contribution is -0.104. The molecule has 0 aliphatic heterocycles. The molecule has 0 aromatic carbocycles. The van der Waals surface area contributed by atoms with Crippen molar-refractivity contribution in [1.29, 1.82) is 0 Å². The number of carbonyl (C=O) groups excluding carboxylic acids is 1. The number of allylic oxidation sites excluding steroid dienone is 1. The second-order valence-electron chi connectivity index (χ2n) is 4.86. The summed E-state index contributed by atoms with van der Waals surface area (Å²) in [6.45, 7) is 8.14. The first-order valence-electron chi connectivity index (χ1n) is 5.02. The minimum Gasteiger partial charge on any atom is -0.298 e. The lowest BCUT2D eigenvalue weighted by Gasteiger charge is -2.16. The topological polar surface area (TPSA) is 34.9 Å². The zero-order valence-corrected chi connectivity index (χ0v) is 10.0. The van der Waals surface area contributed by atoms with Gasteiger partial charge in [0.15, 0.2) is 0 Å². The van der Waals surface area contributed by atoms with Crippen LogP contribution in [0.15, 0.2) is 11.8 Å². The van der Waals surface area contributed by atoms with E-state index in [0.717, 1.165) is 17.5 Å². The van der Waals surface area contributed by atoms with Crippen molar-refractivity contribution in [2.75, 3.05) is 0 Å². The quantitative estimate of drug-likeness (QED) is 0.550. The molecule has 0 atom stereocenters. The Morgan fingerprint density at radius 3 is 2.53 bits per heavy atom. The maximum absolute atomic E-state index is 10.6. The van der Waals surface area contributed by atoms with Crippen LogP contribution in [-0.2, 0) is 17.3 Å². The van der Waals surface area contributed by atoms with Crippen LogP contribution in [0.3, 0.4) is 0 Å². The summed E-state index contributed by atoms with van der Waals surface area (Å²) in [5.74, 6) is 0. The Morgan fingerprint density at radius 2 is 2.07 bits per heavy atom. The highest BCUT2D eigenvalue weighted by Gasteiger charge is 2.20. The fourth-order valence-corrected chi connectivity index (χ4v) is 1.47. The van der Waals surface area contributed by atoms with Crippen molar-refractivity contribution in [3.63, 3.8) is 0 Å². The van der Waals surface area contributed by atoms with Crippen molar-refractivity contribution in [3.8, 4) is 0 Å². The highest BCUT2D eigenvalue weighted by atomic mass is 16.1. The zero-order chi connectivity index (χ0) is 11.6. The number of hydrogen-bond acceptors (Lipinski definition) is 2. The predicted octanol–water partition coefficient (Wildman–Crippen LogP) is 2.32. The summed E-state index contributed by atoms with van der Waals surface area (Å²) in [6, 6.07) is 0. The lowest BCUT2D eigenvalue weighted by Crippen LogP contribution is -2.13. The second-order valence-corrected chi connectivity index (χ2v) is 4.86. The first-order valence-corrected chi connectivity index (χ1v) is 5.02. The highest BCUT2D eigenvalue weighted by molar-refractivity contribution is 5.81. The van der Waals surface area contributed by atoms with E-state index >= 15 is 0 Å². The third-order valence-electron chi connectivity index (χ3n) is 2.14. The highest BCUT2D eigenvalue weighted by Crippen LogP contribution is 2.25. The van der Waals surface area contributed by atoms with Crippen LogP contribution in [0.25, 0.3) is 6.08 Å². The molecule has 0 bridgehead atoms. The number of hydrogen-bond donors (Lipinski definition) is 0. The van der Waals surface area contributed by atoms with E-state index in [1.165, 1.54) is 0 Å². The third-order valence-corrected chi connectivity index (χ3v) is 2.14. The van der Waals surface area contributed by atoms with Gasteiger partial charge in [-0.25, -0.2) is 0 Å². The molecule has 3 nitrogen and oxygen atoms in total. The van der Waals surface area contributed by atoms with E-state index in [1.54, 1.807) is 11.6 Å². The van der Waals surface area contributed by atoms with Crippen LogP contribution >= 0.6 is 0 Å². The van der Waals surface area contributed by atoms with Gasteiger partial charge in [-0.1, -0.05) is 20.8 Å². The van der Waals surface area contributed by atoms with Crippen molar-refractivity contribution < 1.29 is 4.79 Å². The van der Waals surface area contributed by atoms with Crippen LogP contribution < -0.4 is 0 Å². The fraction of sp³-hybridized carbons (Fsp3) is 0.500. The molecule has 1 aromatic heterocycles. The average molecular weight is 206 g/mol. The maximum atomic E-state index is 10.6. The summed E-state index contributed by atoms with van der Waals surface area (Å²) in [4.78, 5) is 10.6. The van der Waals surface area contributed by atoms with E-state index in [2.05, 4.69) is 25.9 Å². The number of rotatable bonds is 2. The Balaban J connectivity index is 3.24. The molecule has 3 heteroatoms. The summed E-state index contributed by atoms with van der Waals surface area (Å²) >= 11 is 0. The van der Waals surface area contributed by atoms with E-state index < -0.39 is 0 Å². The third kappa shape index (κ3) is 2.78. The monoisotopic (exact) mass is 206 g/mol. The van der Waals surface area contributed by atoms with Crippen LogP contribution in [0.5, 0.6) is 0 Å². The van der Waals surface area contributed by atoms with E-state index in [0.29, 0.717) is 5.57 Å². The second kappa shape index (κ2) is 4.01. The number of aryl methyl sites for hydroxylation is 1. The summed E-state index contributed by atoms with van der Waals surface area (Å²) in [5.41, 5.74) is 2.75. The Bertz CT molecular complexity index is 394. The van der Waals surface area contributed by atoms with Crippen molar-refractivity contribution in [3.05, 3.63) is 23.0 Å². The maximum Gasteiger partial charge on any atom is 0.145 e. The number of nitrogens with zero attached hydrogens (tertiary/aromatic N) is 2. The van der Waals surface area contributed by atoms with Gasteiger partial charge in [-0.15, -0.1) is 0 Å². The lowest BCUT2D eigenvalue weighted by atomic mass is 9.89. The molecule has 0 saturated carbocycles. The van der Waals surface area contributed by atoms with Crippen molar-refractivity contribution in [1.82, 2.24) is 9.78 Å². The molecule has 1 aromatic rings. The van der Waals surface area contributed by atoms with E-state index in [9.17, 15) is 4.79 Å². The first-order chi connectivity index (χ1) is 6.84. The molecular formula is C12H18N2O.